The summed E-state index contributed by atoms with van der Waals surface area (Å²) in [6, 6.07) is 11.5. The minimum atomic E-state index is -0.513. The van der Waals surface area contributed by atoms with E-state index < -0.39 is 5.91 Å². The zero-order valence-electron chi connectivity index (χ0n) is 15.5. The minimum Gasteiger partial charge on any atom is -0.378 e. The van der Waals surface area contributed by atoms with E-state index in [1.54, 1.807) is 0 Å². The summed E-state index contributed by atoms with van der Waals surface area (Å²) < 4.78 is 5.97. The maximum Gasteiger partial charge on any atom is 0.294 e. The summed E-state index contributed by atoms with van der Waals surface area (Å²) >= 11 is 1.42. The van der Waals surface area contributed by atoms with Crippen molar-refractivity contribution in [3.05, 3.63) is 58.6 Å². The summed E-state index contributed by atoms with van der Waals surface area (Å²) in [5.74, 6) is -0.326. The number of carbonyl (C=O) groups is 1. The Bertz CT molecular complexity index is 1180. The van der Waals surface area contributed by atoms with Crippen LogP contribution in [0.4, 0.5) is 5.82 Å². The van der Waals surface area contributed by atoms with Crippen LogP contribution in [-0.4, -0.2) is 36.9 Å². The number of nitrogens with two attached hydrogens (primary N) is 1. The molecule has 10 nitrogen and oxygen atoms in total. The lowest BCUT2D eigenvalue weighted by Gasteiger charge is -2.04. The molecule has 3 N–H and O–H groups in total. The lowest BCUT2D eigenvalue weighted by Crippen LogP contribution is -2.20. The van der Waals surface area contributed by atoms with Crippen LogP contribution in [0.15, 0.2) is 51.5 Å². The molecule has 0 bridgehead atoms. The first-order chi connectivity index (χ1) is 14.0. The van der Waals surface area contributed by atoms with Gasteiger partial charge in [0.25, 0.3) is 5.91 Å². The quantitative estimate of drug-likeness (QED) is 0.382. The van der Waals surface area contributed by atoms with Gasteiger partial charge in [-0.05, 0) is 41.2 Å². The van der Waals surface area contributed by atoms with E-state index >= 15 is 0 Å². The summed E-state index contributed by atoms with van der Waals surface area (Å²) in [6.45, 7) is 3.81. The molecule has 0 spiro atoms. The maximum absolute atomic E-state index is 12.8. The molecule has 0 saturated carbocycles. The zero-order valence-corrected chi connectivity index (χ0v) is 16.3. The van der Waals surface area contributed by atoms with Gasteiger partial charge in [-0.15, -0.1) is 16.4 Å². The van der Waals surface area contributed by atoms with Crippen LogP contribution in [0.3, 0.4) is 0 Å². The fourth-order valence-electron chi connectivity index (χ4n) is 2.60. The molecule has 3 aromatic heterocycles. The monoisotopic (exact) mass is 408 g/mol. The third kappa shape index (κ3) is 3.62. The molecule has 4 rings (SSSR count). The van der Waals surface area contributed by atoms with Gasteiger partial charge in [-0.1, -0.05) is 41.1 Å². The molecule has 146 valence electrons. The topological polar surface area (TPSA) is 137 Å². The minimum absolute atomic E-state index is 0.0351. The molecule has 1 amide bonds. The standard InChI is InChI=1S/C18H16N8O2S/c1-10-5-7-12(8-6-10)11(2)20-22-18(27)14-15(13-4-3-9-29-13)26(25-21-14)17-16(19)23-28-24-17/h3-9H,1-2H3,(H2,19,23)(H,22,27)/b20-11-. The number of hydrogen-bond acceptors (Lipinski definition) is 9. The molecular weight excluding hydrogens is 392 g/mol. The van der Waals surface area contributed by atoms with Gasteiger partial charge in [-0.25, -0.2) is 10.1 Å². The van der Waals surface area contributed by atoms with Crippen LogP contribution in [0.5, 0.6) is 0 Å². The molecule has 0 aliphatic carbocycles. The van der Waals surface area contributed by atoms with Crippen LogP contribution in [-0.2, 0) is 0 Å². The molecule has 0 saturated heterocycles. The SMILES string of the molecule is C/C(=N/NC(=O)c1nnn(-c2nonc2N)c1-c1cccs1)c1ccc(C)cc1. The zero-order chi connectivity index (χ0) is 20.4. The van der Waals surface area contributed by atoms with E-state index in [2.05, 4.69) is 35.8 Å². The third-order valence-electron chi connectivity index (χ3n) is 4.13. The molecule has 0 radical (unpaired) electrons. The Morgan fingerprint density at radius 1 is 1.24 bits per heavy atom. The second-order valence-electron chi connectivity index (χ2n) is 6.15. The summed E-state index contributed by atoms with van der Waals surface area (Å²) in [5, 5.41) is 21.4. The number of rotatable bonds is 5. The van der Waals surface area contributed by atoms with E-state index in [4.69, 9.17) is 5.73 Å². The van der Waals surface area contributed by atoms with Crippen molar-refractivity contribution in [1.29, 1.82) is 0 Å². The van der Waals surface area contributed by atoms with Gasteiger partial charge in [0, 0.05) is 0 Å². The van der Waals surface area contributed by atoms with Gasteiger partial charge in [0.1, 0.15) is 5.69 Å². The van der Waals surface area contributed by atoms with Gasteiger partial charge >= 0.3 is 0 Å². The summed E-state index contributed by atoms with van der Waals surface area (Å²) in [7, 11) is 0. The van der Waals surface area contributed by atoms with Crippen molar-refractivity contribution in [2.45, 2.75) is 13.8 Å². The molecule has 1 aromatic carbocycles. The molecule has 0 unspecified atom stereocenters. The van der Waals surface area contributed by atoms with Gasteiger partial charge < -0.3 is 5.73 Å². The van der Waals surface area contributed by atoms with Gasteiger partial charge in [0.2, 0.25) is 11.6 Å². The molecule has 29 heavy (non-hydrogen) atoms. The molecule has 0 aliphatic heterocycles. The Morgan fingerprint density at radius 2 is 2.03 bits per heavy atom. The number of carbonyl (C=O) groups excluding carboxylic acids is 1. The van der Waals surface area contributed by atoms with E-state index in [0.29, 0.717) is 11.4 Å². The van der Waals surface area contributed by atoms with E-state index in [-0.39, 0.29) is 17.3 Å². The predicted molar refractivity (Wildman–Crippen MR) is 108 cm³/mol. The number of anilines is 1. The van der Waals surface area contributed by atoms with Crippen molar-refractivity contribution < 1.29 is 9.42 Å². The Labute approximate surface area is 169 Å². The Hall–Kier alpha value is -3.86. The van der Waals surface area contributed by atoms with Gasteiger partial charge in [-0.3, -0.25) is 4.79 Å². The maximum atomic E-state index is 12.8. The number of benzene rings is 1. The lowest BCUT2D eigenvalue weighted by molar-refractivity contribution is 0.0950. The summed E-state index contributed by atoms with van der Waals surface area (Å²) in [5.41, 5.74) is 11.5. The number of thiophene rings is 1. The largest absolute Gasteiger partial charge is 0.378 e. The van der Waals surface area contributed by atoms with Crippen LogP contribution in [0.25, 0.3) is 16.4 Å². The predicted octanol–water partition coefficient (Wildman–Crippen LogP) is 2.42. The normalized spacial score (nSPS) is 11.6. The number of nitrogens with zero attached hydrogens (tertiary/aromatic N) is 6. The number of aromatic nitrogens is 5. The average Bonchev–Trinajstić information content (AvgIpc) is 3.46. The Kier molecular flexibility index (Phi) is 4.87. The highest BCUT2D eigenvalue weighted by atomic mass is 32.1. The number of nitrogens with one attached hydrogen (secondary N) is 1. The Morgan fingerprint density at radius 3 is 2.69 bits per heavy atom. The smallest absolute Gasteiger partial charge is 0.294 e. The van der Waals surface area contributed by atoms with Crippen molar-refractivity contribution >= 4 is 28.8 Å². The molecule has 0 atom stereocenters. The Balaban J connectivity index is 1.67. The highest BCUT2D eigenvalue weighted by Crippen LogP contribution is 2.29. The van der Waals surface area contributed by atoms with E-state index in [0.717, 1.165) is 16.0 Å². The van der Waals surface area contributed by atoms with Crippen LogP contribution >= 0.6 is 11.3 Å². The highest BCUT2D eigenvalue weighted by molar-refractivity contribution is 7.13. The third-order valence-corrected chi connectivity index (χ3v) is 5.01. The van der Waals surface area contributed by atoms with Gasteiger partial charge in [-0.2, -0.15) is 9.78 Å². The van der Waals surface area contributed by atoms with E-state index in [1.807, 2.05) is 55.6 Å². The van der Waals surface area contributed by atoms with Crippen molar-refractivity contribution in [3.8, 4) is 16.4 Å². The molecule has 11 heteroatoms. The van der Waals surface area contributed by atoms with Gasteiger partial charge in [0.15, 0.2) is 5.69 Å². The molecule has 0 fully saturated rings. The number of nitrogen functional groups attached to an aromatic ring is 1. The van der Waals surface area contributed by atoms with Crippen LogP contribution in [0.2, 0.25) is 0 Å². The van der Waals surface area contributed by atoms with Gasteiger partial charge in [0.05, 0.1) is 10.6 Å². The van der Waals surface area contributed by atoms with Crippen LogP contribution < -0.4 is 11.2 Å². The number of aryl methyl sites for hydroxylation is 1. The molecule has 3 heterocycles. The first-order valence-electron chi connectivity index (χ1n) is 8.54. The van der Waals surface area contributed by atoms with Crippen molar-refractivity contribution in [2.75, 3.05) is 5.73 Å². The first-order valence-corrected chi connectivity index (χ1v) is 9.42. The number of hydrazone groups is 1. The summed E-state index contributed by atoms with van der Waals surface area (Å²) in [4.78, 5) is 13.5. The molecule has 4 aromatic rings. The fourth-order valence-corrected chi connectivity index (χ4v) is 3.36. The van der Waals surface area contributed by atoms with Crippen molar-refractivity contribution in [3.63, 3.8) is 0 Å². The highest BCUT2D eigenvalue weighted by Gasteiger charge is 2.25. The van der Waals surface area contributed by atoms with E-state index in [1.165, 1.54) is 16.0 Å². The average molecular weight is 408 g/mol. The van der Waals surface area contributed by atoms with Crippen LogP contribution in [0.1, 0.15) is 28.5 Å². The summed E-state index contributed by atoms with van der Waals surface area (Å²) in [6.07, 6.45) is 0. The van der Waals surface area contributed by atoms with Crippen LogP contribution in [0, 0.1) is 6.92 Å². The first kappa shape index (κ1) is 18.5. The van der Waals surface area contributed by atoms with E-state index in [9.17, 15) is 4.79 Å². The second kappa shape index (κ2) is 7.64. The molecule has 0 aliphatic rings. The van der Waals surface area contributed by atoms with Crippen molar-refractivity contribution in [1.82, 2.24) is 30.7 Å². The second-order valence-corrected chi connectivity index (χ2v) is 7.10. The fraction of sp³-hybridized carbons (Fsp3) is 0.111. The lowest BCUT2D eigenvalue weighted by atomic mass is 10.1. The number of amides is 1. The molecular formula is C18H16N8O2S. The van der Waals surface area contributed by atoms with Crippen molar-refractivity contribution in [2.24, 2.45) is 5.10 Å². The number of hydrogen-bond donors (Lipinski definition) is 2.